The molecule has 104 valence electrons. The topological polar surface area (TPSA) is 76.4 Å². The van der Waals surface area contributed by atoms with E-state index in [1.807, 2.05) is 18.2 Å². The number of carbonyl (C=O) groups is 1. The van der Waals surface area contributed by atoms with Crippen LogP contribution in [-0.2, 0) is 6.54 Å². The van der Waals surface area contributed by atoms with E-state index in [0.29, 0.717) is 17.9 Å². The molecule has 4 N–H and O–H groups in total. The van der Waals surface area contributed by atoms with E-state index in [-0.39, 0.29) is 6.03 Å². The van der Waals surface area contributed by atoms with Gasteiger partial charge in [-0.25, -0.2) is 4.79 Å². The number of anilines is 2. The van der Waals surface area contributed by atoms with Crippen LogP contribution in [0.15, 0.2) is 48.5 Å². The fraction of sp³-hybridized carbons (Fsp3) is 0.133. The number of carbonyl (C=O) groups excluding carboxylic acids is 1. The molecule has 0 radical (unpaired) electrons. The van der Waals surface area contributed by atoms with E-state index in [1.165, 1.54) is 0 Å². The summed E-state index contributed by atoms with van der Waals surface area (Å²) in [6.45, 7) is 0.384. The normalized spacial score (nSPS) is 9.85. The number of benzene rings is 2. The van der Waals surface area contributed by atoms with Crippen molar-refractivity contribution in [1.82, 2.24) is 5.32 Å². The quantitative estimate of drug-likeness (QED) is 0.748. The van der Waals surface area contributed by atoms with Gasteiger partial charge in [-0.1, -0.05) is 18.2 Å². The van der Waals surface area contributed by atoms with Gasteiger partial charge in [0.05, 0.1) is 7.11 Å². The van der Waals surface area contributed by atoms with E-state index < -0.39 is 0 Å². The van der Waals surface area contributed by atoms with Gasteiger partial charge in [-0.15, -0.1) is 0 Å². The van der Waals surface area contributed by atoms with Crippen molar-refractivity contribution in [3.63, 3.8) is 0 Å². The maximum absolute atomic E-state index is 11.8. The molecule has 0 aliphatic carbocycles. The van der Waals surface area contributed by atoms with Crippen LogP contribution in [0, 0.1) is 0 Å². The summed E-state index contributed by atoms with van der Waals surface area (Å²) in [6.07, 6.45) is 0. The highest BCUT2D eigenvalue weighted by molar-refractivity contribution is 5.89. The molecular weight excluding hydrogens is 254 g/mol. The fourth-order valence-corrected chi connectivity index (χ4v) is 1.72. The van der Waals surface area contributed by atoms with E-state index in [0.717, 1.165) is 11.3 Å². The fourth-order valence-electron chi connectivity index (χ4n) is 1.72. The van der Waals surface area contributed by atoms with Gasteiger partial charge in [-0.2, -0.15) is 0 Å². The minimum absolute atomic E-state index is 0.279. The predicted octanol–water partition coefficient (Wildman–Crippen LogP) is 2.60. The second-order valence-corrected chi connectivity index (χ2v) is 4.23. The number of amides is 2. The molecule has 0 fully saturated rings. The van der Waals surface area contributed by atoms with Crippen LogP contribution in [-0.4, -0.2) is 13.1 Å². The predicted molar refractivity (Wildman–Crippen MR) is 79.7 cm³/mol. The Bertz CT molecular complexity index is 582. The van der Waals surface area contributed by atoms with Crippen LogP contribution in [0.5, 0.6) is 5.75 Å². The molecule has 0 heterocycles. The summed E-state index contributed by atoms with van der Waals surface area (Å²) in [4.78, 5) is 11.8. The third-order valence-corrected chi connectivity index (χ3v) is 2.84. The Morgan fingerprint density at radius 3 is 2.50 bits per heavy atom. The number of para-hydroxylation sites is 1. The summed E-state index contributed by atoms with van der Waals surface area (Å²) < 4.78 is 5.05. The summed E-state index contributed by atoms with van der Waals surface area (Å²) in [5, 5.41) is 5.49. The maximum atomic E-state index is 11.8. The SMILES string of the molecule is COc1ccc(NC(=O)NCc2ccccc2N)cc1. The number of methoxy groups -OCH3 is 1. The van der Waals surface area contributed by atoms with Gasteiger partial charge < -0.3 is 21.1 Å². The minimum atomic E-state index is -0.279. The number of hydrogen-bond acceptors (Lipinski definition) is 3. The Hall–Kier alpha value is -2.69. The smallest absolute Gasteiger partial charge is 0.319 e. The highest BCUT2D eigenvalue weighted by Crippen LogP contribution is 2.15. The molecule has 5 heteroatoms. The zero-order chi connectivity index (χ0) is 14.4. The molecule has 0 bridgehead atoms. The highest BCUT2D eigenvalue weighted by atomic mass is 16.5. The summed E-state index contributed by atoms with van der Waals surface area (Å²) >= 11 is 0. The van der Waals surface area contributed by atoms with Gasteiger partial charge in [0.1, 0.15) is 5.75 Å². The van der Waals surface area contributed by atoms with Gasteiger partial charge in [-0.3, -0.25) is 0 Å². The van der Waals surface area contributed by atoms with Crippen molar-refractivity contribution in [1.29, 1.82) is 0 Å². The third-order valence-electron chi connectivity index (χ3n) is 2.84. The Balaban J connectivity index is 1.87. The summed E-state index contributed by atoms with van der Waals surface area (Å²) in [6, 6.07) is 14.3. The lowest BCUT2D eigenvalue weighted by atomic mass is 10.2. The number of hydrogen-bond donors (Lipinski definition) is 3. The Morgan fingerprint density at radius 2 is 1.85 bits per heavy atom. The molecule has 0 atom stereocenters. The highest BCUT2D eigenvalue weighted by Gasteiger charge is 2.03. The van der Waals surface area contributed by atoms with Crippen molar-refractivity contribution in [3.05, 3.63) is 54.1 Å². The molecule has 0 saturated heterocycles. The Kier molecular flexibility index (Phi) is 4.44. The van der Waals surface area contributed by atoms with E-state index in [2.05, 4.69) is 10.6 Å². The van der Waals surface area contributed by atoms with Crippen LogP contribution in [0.25, 0.3) is 0 Å². The number of nitrogen functional groups attached to an aromatic ring is 1. The molecular formula is C15H17N3O2. The number of ether oxygens (including phenoxy) is 1. The first-order valence-electron chi connectivity index (χ1n) is 6.21. The van der Waals surface area contributed by atoms with Crippen LogP contribution < -0.4 is 21.1 Å². The molecule has 20 heavy (non-hydrogen) atoms. The van der Waals surface area contributed by atoms with E-state index in [4.69, 9.17) is 10.5 Å². The van der Waals surface area contributed by atoms with Crippen LogP contribution in [0.2, 0.25) is 0 Å². The van der Waals surface area contributed by atoms with Crippen molar-refractivity contribution in [2.45, 2.75) is 6.54 Å². The first kappa shape index (κ1) is 13.7. The first-order valence-corrected chi connectivity index (χ1v) is 6.21. The number of rotatable bonds is 4. The van der Waals surface area contributed by atoms with E-state index in [1.54, 1.807) is 37.4 Å². The number of nitrogens with two attached hydrogens (primary N) is 1. The molecule has 0 aliphatic rings. The van der Waals surface area contributed by atoms with Gasteiger partial charge in [0.2, 0.25) is 0 Å². The van der Waals surface area contributed by atoms with Gasteiger partial charge in [-0.05, 0) is 35.9 Å². The van der Waals surface area contributed by atoms with Crippen molar-refractivity contribution >= 4 is 17.4 Å². The van der Waals surface area contributed by atoms with Crippen LogP contribution in [0.3, 0.4) is 0 Å². The molecule has 5 nitrogen and oxygen atoms in total. The van der Waals surface area contributed by atoms with Crippen LogP contribution in [0.4, 0.5) is 16.2 Å². The first-order chi connectivity index (χ1) is 9.69. The lowest BCUT2D eigenvalue weighted by molar-refractivity contribution is 0.252. The Labute approximate surface area is 117 Å². The lowest BCUT2D eigenvalue weighted by Gasteiger charge is -2.09. The van der Waals surface area contributed by atoms with E-state index in [9.17, 15) is 4.79 Å². The summed E-state index contributed by atoms with van der Waals surface area (Å²) in [5.41, 5.74) is 8.05. The average molecular weight is 271 g/mol. The van der Waals surface area contributed by atoms with Crippen LogP contribution in [0.1, 0.15) is 5.56 Å². The second kappa shape index (κ2) is 6.47. The van der Waals surface area contributed by atoms with Crippen molar-refractivity contribution < 1.29 is 9.53 Å². The molecule has 0 spiro atoms. The summed E-state index contributed by atoms with van der Waals surface area (Å²) in [7, 11) is 1.60. The average Bonchev–Trinajstić information content (AvgIpc) is 2.47. The second-order valence-electron chi connectivity index (χ2n) is 4.23. The van der Waals surface area contributed by atoms with Crippen molar-refractivity contribution in [2.24, 2.45) is 0 Å². The molecule has 2 aromatic carbocycles. The van der Waals surface area contributed by atoms with Gasteiger partial charge in [0.25, 0.3) is 0 Å². The molecule has 2 rings (SSSR count). The maximum Gasteiger partial charge on any atom is 0.319 e. The molecule has 0 saturated carbocycles. The largest absolute Gasteiger partial charge is 0.497 e. The van der Waals surface area contributed by atoms with Gasteiger partial charge in [0, 0.05) is 17.9 Å². The Morgan fingerprint density at radius 1 is 1.15 bits per heavy atom. The molecule has 0 aliphatic heterocycles. The molecule has 2 amide bonds. The lowest BCUT2D eigenvalue weighted by Crippen LogP contribution is -2.28. The minimum Gasteiger partial charge on any atom is -0.497 e. The number of nitrogens with one attached hydrogen (secondary N) is 2. The zero-order valence-corrected chi connectivity index (χ0v) is 11.2. The van der Waals surface area contributed by atoms with Crippen molar-refractivity contribution in [2.75, 3.05) is 18.2 Å². The monoisotopic (exact) mass is 271 g/mol. The van der Waals surface area contributed by atoms with Crippen molar-refractivity contribution in [3.8, 4) is 5.75 Å². The summed E-state index contributed by atoms with van der Waals surface area (Å²) in [5.74, 6) is 0.744. The van der Waals surface area contributed by atoms with Crippen LogP contribution >= 0.6 is 0 Å². The molecule has 0 aromatic heterocycles. The standard InChI is InChI=1S/C15H17N3O2/c1-20-13-8-6-12(7-9-13)18-15(19)17-10-11-4-2-3-5-14(11)16/h2-9H,10,16H2,1H3,(H2,17,18,19). The third kappa shape index (κ3) is 3.65. The van der Waals surface area contributed by atoms with Gasteiger partial charge >= 0.3 is 6.03 Å². The molecule has 2 aromatic rings. The molecule has 0 unspecified atom stereocenters. The van der Waals surface area contributed by atoms with E-state index >= 15 is 0 Å². The zero-order valence-electron chi connectivity index (χ0n) is 11.2. The number of urea groups is 1. The van der Waals surface area contributed by atoms with Gasteiger partial charge in [0.15, 0.2) is 0 Å².